The average molecular weight is 404 g/mol. The molecule has 0 atom stereocenters. The molecule has 3 rings (SSSR count). The second kappa shape index (κ2) is 10.3. The molecule has 1 saturated carbocycles. The van der Waals surface area contributed by atoms with Crippen molar-refractivity contribution in [2.24, 2.45) is 0 Å². The number of hydrogen-bond donors (Lipinski definition) is 0. The first-order valence-electron chi connectivity index (χ1n) is 9.50. The number of ether oxygens (including phenoxy) is 1. The fourth-order valence-corrected chi connectivity index (χ4v) is 3.92. The molecule has 1 aliphatic rings. The molecule has 1 amide bonds. The van der Waals surface area contributed by atoms with Crippen molar-refractivity contribution in [3.63, 3.8) is 0 Å². The number of carbonyl (C=O) groups excluding carboxylic acids is 2. The highest BCUT2D eigenvalue weighted by atomic mass is 32.2. The number of hydrogen-bond acceptors (Lipinski definition) is 7. The number of esters is 1. The van der Waals surface area contributed by atoms with E-state index >= 15 is 0 Å². The standard InChI is InChI=1S/C20H25N3O4S/c1-23(16-10-6-3-7-11-16)18(24)13-28-14-19(25)26-12-17-21-22-20(27-17)15-8-4-2-5-9-15/h2,4-5,8-9,16H,3,6-7,10-14H2,1H3. The van der Waals surface area contributed by atoms with E-state index in [9.17, 15) is 9.59 Å². The molecule has 8 heteroatoms. The Kier molecular flexibility index (Phi) is 7.47. The third kappa shape index (κ3) is 5.82. The molecule has 2 aromatic rings. The Morgan fingerprint density at radius 3 is 2.64 bits per heavy atom. The van der Waals surface area contributed by atoms with Crippen molar-refractivity contribution in [1.82, 2.24) is 15.1 Å². The topological polar surface area (TPSA) is 85.5 Å². The predicted molar refractivity (Wildman–Crippen MR) is 106 cm³/mol. The number of thioether (sulfide) groups is 1. The number of amides is 1. The highest BCUT2D eigenvalue weighted by Gasteiger charge is 2.22. The van der Waals surface area contributed by atoms with Gasteiger partial charge < -0.3 is 14.1 Å². The highest BCUT2D eigenvalue weighted by Crippen LogP contribution is 2.22. The molecular weight excluding hydrogens is 378 g/mol. The largest absolute Gasteiger partial charge is 0.455 e. The lowest BCUT2D eigenvalue weighted by Gasteiger charge is -2.31. The lowest BCUT2D eigenvalue weighted by atomic mass is 9.94. The van der Waals surface area contributed by atoms with Crippen molar-refractivity contribution in [1.29, 1.82) is 0 Å². The molecule has 0 bridgehead atoms. The van der Waals surface area contributed by atoms with Crippen LogP contribution in [0, 0.1) is 0 Å². The summed E-state index contributed by atoms with van der Waals surface area (Å²) < 4.78 is 10.6. The van der Waals surface area contributed by atoms with Gasteiger partial charge in [0.2, 0.25) is 11.8 Å². The zero-order chi connectivity index (χ0) is 19.8. The van der Waals surface area contributed by atoms with E-state index in [2.05, 4.69) is 10.2 Å². The Hall–Kier alpha value is -2.35. The lowest BCUT2D eigenvalue weighted by Crippen LogP contribution is -2.39. The van der Waals surface area contributed by atoms with Crippen molar-refractivity contribution in [2.75, 3.05) is 18.6 Å². The van der Waals surface area contributed by atoms with Crippen molar-refractivity contribution in [3.05, 3.63) is 36.2 Å². The van der Waals surface area contributed by atoms with Gasteiger partial charge >= 0.3 is 5.97 Å². The van der Waals surface area contributed by atoms with Gasteiger partial charge in [0.15, 0.2) is 6.61 Å². The van der Waals surface area contributed by atoms with Gasteiger partial charge in [-0.15, -0.1) is 22.0 Å². The summed E-state index contributed by atoms with van der Waals surface area (Å²) in [5, 5.41) is 7.84. The Morgan fingerprint density at radius 2 is 1.89 bits per heavy atom. The molecule has 0 saturated heterocycles. The number of nitrogens with zero attached hydrogens (tertiary/aromatic N) is 3. The van der Waals surface area contributed by atoms with Crippen LogP contribution < -0.4 is 0 Å². The summed E-state index contributed by atoms with van der Waals surface area (Å²) in [5.74, 6) is 0.680. The van der Waals surface area contributed by atoms with Crippen LogP contribution >= 0.6 is 11.8 Å². The van der Waals surface area contributed by atoms with E-state index in [0.29, 0.717) is 11.9 Å². The maximum Gasteiger partial charge on any atom is 0.316 e. The second-order valence-corrected chi connectivity index (χ2v) is 7.80. The average Bonchev–Trinajstić information content (AvgIpc) is 3.22. The van der Waals surface area contributed by atoms with E-state index in [-0.39, 0.29) is 29.9 Å². The molecule has 150 valence electrons. The zero-order valence-corrected chi connectivity index (χ0v) is 16.8. The van der Waals surface area contributed by atoms with E-state index in [1.54, 1.807) is 0 Å². The summed E-state index contributed by atoms with van der Waals surface area (Å²) in [6, 6.07) is 9.72. The van der Waals surface area contributed by atoms with Crippen LogP contribution in [0.25, 0.3) is 11.5 Å². The van der Waals surface area contributed by atoms with Crippen LogP contribution in [0.3, 0.4) is 0 Å². The summed E-state index contributed by atoms with van der Waals surface area (Å²) in [6.45, 7) is -0.0743. The van der Waals surface area contributed by atoms with Crippen molar-refractivity contribution in [2.45, 2.75) is 44.8 Å². The number of rotatable bonds is 8. The normalized spacial score (nSPS) is 14.6. The summed E-state index contributed by atoms with van der Waals surface area (Å²) >= 11 is 1.27. The van der Waals surface area contributed by atoms with Crippen LogP contribution in [-0.2, 0) is 20.9 Å². The summed E-state index contributed by atoms with van der Waals surface area (Å²) in [4.78, 5) is 26.0. The minimum atomic E-state index is -0.405. The minimum Gasteiger partial charge on any atom is -0.455 e. The van der Waals surface area contributed by atoms with Crippen molar-refractivity contribution < 1.29 is 18.7 Å². The molecule has 0 unspecified atom stereocenters. The molecule has 1 fully saturated rings. The Balaban J connectivity index is 1.35. The van der Waals surface area contributed by atoms with Gasteiger partial charge in [-0.25, -0.2) is 0 Å². The highest BCUT2D eigenvalue weighted by molar-refractivity contribution is 8.00. The first-order valence-corrected chi connectivity index (χ1v) is 10.7. The summed E-state index contributed by atoms with van der Waals surface area (Å²) in [5.41, 5.74) is 0.809. The fourth-order valence-electron chi connectivity index (χ4n) is 3.19. The molecule has 1 heterocycles. The molecular formula is C20H25N3O4S. The van der Waals surface area contributed by atoms with Gasteiger partial charge in [-0.3, -0.25) is 9.59 Å². The third-order valence-electron chi connectivity index (χ3n) is 4.81. The maximum atomic E-state index is 12.3. The van der Waals surface area contributed by atoms with E-state index in [4.69, 9.17) is 9.15 Å². The van der Waals surface area contributed by atoms with Crippen molar-refractivity contribution >= 4 is 23.6 Å². The molecule has 0 spiro atoms. The summed E-state index contributed by atoms with van der Waals surface area (Å²) in [6.07, 6.45) is 5.77. The smallest absolute Gasteiger partial charge is 0.316 e. The van der Waals surface area contributed by atoms with E-state index in [1.807, 2.05) is 42.3 Å². The molecule has 1 aromatic carbocycles. The lowest BCUT2D eigenvalue weighted by molar-refractivity contribution is -0.142. The molecule has 1 aliphatic carbocycles. The van der Waals surface area contributed by atoms with Gasteiger partial charge in [0.1, 0.15) is 0 Å². The first kappa shape index (κ1) is 20.4. The van der Waals surface area contributed by atoms with Crippen LogP contribution in [0.4, 0.5) is 0 Å². The van der Waals surface area contributed by atoms with Crippen LogP contribution in [0.1, 0.15) is 38.0 Å². The molecule has 1 aromatic heterocycles. The quantitative estimate of drug-likeness (QED) is 0.625. The first-order chi connectivity index (χ1) is 13.6. The van der Waals surface area contributed by atoms with Gasteiger partial charge in [-0.2, -0.15) is 0 Å². The number of aromatic nitrogens is 2. The Morgan fingerprint density at radius 1 is 1.14 bits per heavy atom. The molecule has 0 N–H and O–H groups in total. The SMILES string of the molecule is CN(C(=O)CSCC(=O)OCc1nnc(-c2ccccc2)o1)C1CCCCC1. The maximum absolute atomic E-state index is 12.3. The van der Waals surface area contributed by atoms with E-state index in [1.165, 1.54) is 31.0 Å². The van der Waals surface area contributed by atoms with Gasteiger partial charge in [0, 0.05) is 18.7 Å². The van der Waals surface area contributed by atoms with Gasteiger partial charge in [0.25, 0.3) is 5.89 Å². The predicted octanol–water partition coefficient (Wildman–Crippen LogP) is 3.30. The van der Waals surface area contributed by atoms with Gasteiger partial charge in [-0.1, -0.05) is 37.5 Å². The monoisotopic (exact) mass is 403 g/mol. The zero-order valence-electron chi connectivity index (χ0n) is 16.0. The van der Waals surface area contributed by atoms with Crippen LogP contribution in [-0.4, -0.2) is 51.6 Å². The third-order valence-corrected chi connectivity index (χ3v) is 5.70. The number of carbonyl (C=O) groups is 2. The van der Waals surface area contributed by atoms with E-state index in [0.717, 1.165) is 18.4 Å². The molecule has 7 nitrogen and oxygen atoms in total. The minimum absolute atomic E-state index is 0.0640. The summed E-state index contributed by atoms with van der Waals surface area (Å²) in [7, 11) is 1.86. The van der Waals surface area contributed by atoms with Crippen LogP contribution in [0.2, 0.25) is 0 Å². The van der Waals surface area contributed by atoms with Crippen LogP contribution in [0.5, 0.6) is 0 Å². The van der Waals surface area contributed by atoms with E-state index < -0.39 is 5.97 Å². The molecule has 0 aliphatic heterocycles. The molecule has 0 radical (unpaired) electrons. The van der Waals surface area contributed by atoms with Crippen LogP contribution in [0.15, 0.2) is 34.7 Å². The van der Waals surface area contributed by atoms with Crippen molar-refractivity contribution in [3.8, 4) is 11.5 Å². The second-order valence-electron chi connectivity index (χ2n) is 6.82. The fraction of sp³-hybridized carbons (Fsp3) is 0.500. The Bertz CT molecular complexity index is 775. The Labute approximate surface area is 168 Å². The van der Waals surface area contributed by atoms with Gasteiger partial charge in [0.05, 0.1) is 11.5 Å². The number of benzene rings is 1. The van der Waals surface area contributed by atoms with Gasteiger partial charge in [-0.05, 0) is 25.0 Å². The molecule has 28 heavy (non-hydrogen) atoms.